The Bertz CT molecular complexity index is 712. The Kier molecular flexibility index (Phi) is 5.13. The van der Waals surface area contributed by atoms with Crippen molar-refractivity contribution in [1.29, 1.82) is 0 Å². The first-order valence-corrected chi connectivity index (χ1v) is 8.83. The highest BCUT2D eigenvalue weighted by molar-refractivity contribution is 8.14. The van der Waals surface area contributed by atoms with Crippen LogP contribution in [0, 0.1) is 6.92 Å². The van der Waals surface area contributed by atoms with Gasteiger partial charge in [-0.3, -0.25) is 9.79 Å². The predicted octanol–water partition coefficient (Wildman–Crippen LogP) is 4.18. The van der Waals surface area contributed by atoms with Crippen LogP contribution in [0.4, 0.5) is 5.69 Å². The minimum Gasteiger partial charge on any atom is -0.313 e. The average molecular weight is 324 g/mol. The van der Waals surface area contributed by atoms with Gasteiger partial charge < -0.3 is 4.90 Å². The van der Waals surface area contributed by atoms with Gasteiger partial charge in [0.05, 0.1) is 6.54 Å². The standard InChI is InChI=1S/C19H20N2OS/c1-15-8-5-6-11-17(15)21(19-20-12-7-13-23-19)14-18(22)16-9-3-2-4-10-16/h2-6,8-11H,7,12-14H2,1H3. The highest BCUT2D eigenvalue weighted by Gasteiger charge is 2.21. The average Bonchev–Trinajstić information content (AvgIpc) is 2.62. The van der Waals surface area contributed by atoms with E-state index < -0.39 is 0 Å². The maximum atomic E-state index is 12.7. The molecule has 1 aliphatic rings. The molecule has 2 aromatic carbocycles. The van der Waals surface area contributed by atoms with E-state index >= 15 is 0 Å². The highest BCUT2D eigenvalue weighted by atomic mass is 32.2. The molecule has 0 aromatic heterocycles. The van der Waals surface area contributed by atoms with Crippen LogP contribution >= 0.6 is 11.8 Å². The van der Waals surface area contributed by atoms with Crippen LogP contribution in [0.2, 0.25) is 0 Å². The van der Waals surface area contributed by atoms with E-state index in [2.05, 4.69) is 28.9 Å². The summed E-state index contributed by atoms with van der Waals surface area (Å²) in [6, 6.07) is 17.6. The van der Waals surface area contributed by atoms with Crippen molar-refractivity contribution in [1.82, 2.24) is 0 Å². The first-order valence-electron chi connectivity index (χ1n) is 7.84. The SMILES string of the molecule is Cc1ccccc1N(CC(=O)c1ccccc1)C1=NCCCS1. The summed E-state index contributed by atoms with van der Waals surface area (Å²) in [4.78, 5) is 19.4. The van der Waals surface area contributed by atoms with Crippen LogP contribution in [0.5, 0.6) is 0 Å². The molecule has 0 saturated heterocycles. The Hall–Kier alpha value is -2.07. The van der Waals surface area contributed by atoms with Gasteiger partial charge >= 0.3 is 0 Å². The minimum atomic E-state index is 0.114. The monoisotopic (exact) mass is 324 g/mol. The van der Waals surface area contributed by atoms with Crippen LogP contribution in [0.1, 0.15) is 22.3 Å². The van der Waals surface area contributed by atoms with E-state index in [-0.39, 0.29) is 5.78 Å². The van der Waals surface area contributed by atoms with Gasteiger partial charge in [-0.25, -0.2) is 0 Å². The fourth-order valence-corrected chi connectivity index (χ4v) is 3.55. The van der Waals surface area contributed by atoms with Crippen LogP contribution in [-0.4, -0.2) is 29.8 Å². The fraction of sp³-hybridized carbons (Fsp3) is 0.263. The quantitative estimate of drug-likeness (QED) is 0.791. The van der Waals surface area contributed by atoms with Gasteiger partial charge in [0.2, 0.25) is 0 Å². The molecule has 1 heterocycles. The number of amidine groups is 1. The van der Waals surface area contributed by atoms with Gasteiger partial charge in [-0.05, 0) is 25.0 Å². The molecular formula is C19H20N2OS. The summed E-state index contributed by atoms with van der Waals surface area (Å²) in [5, 5.41) is 0.954. The Balaban J connectivity index is 1.91. The van der Waals surface area contributed by atoms with Gasteiger partial charge in [-0.1, -0.05) is 60.3 Å². The van der Waals surface area contributed by atoms with E-state index in [0.717, 1.165) is 40.7 Å². The molecule has 0 atom stereocenters. The molecule has 0 bridgehead atoms. The number of hydrogen-bond acceptors (Lipinski definition) is 4. The van der Waals surface area contributed by atoms with Crippen LogP contribution in [-0.2, 0) is 0 Å². The molecule has 0 radical (unpaired) electrons. The van der Waals surface area contributed by atoms with Gasteiger partial charge in [-0.2, -0.15) is 0 Å². The third kappa shape index (κ3) is 3.82. The number of para-hydroxylation sites is 1. The topological polar surface area (TPSA) is 32.7 Å². The smallest absolute Gasteiger partial charge is 0.182 e. The lowest BCUT2D eigenvalue weighted by atomic mass is 10.1. The predicted molar refractivity (Wildman–Crippen MR) is 98.7 cm³/mol. The Morgan fingerprint density at radius 3 is 2.57 bits per heavy atom. The second kappa shape index (κ2) is 7.47. The van der Waals surface area contributed by atoms with E-state index in [0.29, 0.717) is 6.54 Å². The van der Waals surface area contributed by atoms with Crippen LogP contribution in [0.15, 0.2) is 59.6 Å². The van der Waals surface area contributed by atoms with E-state index in [9.17, 15) is 4.79 Å². The van der Waals surface area contributed by atoms with Gasteiger partial charge in [0.1, 0.15) is 0 Å². The number of ketones is 1. The van der Waals surface area contributed by atoms with Gasteiger partial charge in [0.25, 0.3) is 0 Å². The van der Waals surface area contributed by atoms with Crippen molar-refractivity contribution in [2.45, 2.75) is 13.3 Å². The summed E-state index contributed by atoms with van der Waals surface area (Å²) < 4.78 is 0. The number of rotatable bonds is 4. The van der Waals surface area contributed by atoms with E-state index in [1.165, 1.54) is 0 Å². The molecule has 0 saturated carbocycles. The van der Waals surface area contributed by atoms with Crippen molar-refractivity contribution in [2.75, 3.05) is 23.7 Å². The van der Waals surface area contributed by atoms with Gasteiger partial charge in [0.15, 0.2) is 11.0 Å². The molecule has 0 N–H and O–H groups in total. The highest BCUT2D eigenvalue weighted by Crippen LogP contribution is 2.26. The molecule has 2 aromatic rings. The molecule has 4 heteroatoms. The molecule has 0 spiro atoms. The molecule has 118 valence electrons. The number of anilines is 1. The van der Waals surface area contributed by atoms with E-state index in [1.54, 1.807) is 11.8 Å². The number of aliphatic imine (C=N–C) groups is 1. The zero-order valence-corrected chi connectivity index (χ0v) is 14.1. The lowest BCUT2D eigenvalue weighted by Crippen LogP contribution is -2.36. The Labute approximate surface area is 141 Å². The Morgan fingerprint density at radius 1 is 1.13 bits per heavy atom. The van der Waals surface area contributed by atoms with Crippen molar-refractivity contribution in [3.05, 3.63) is 65.7 Å². The largest absolute Gasteiger partial charge is 0.313 e. The second-order valence-electron chi connectivity index (χ2n) is 5.53. The maximum absolute atomic E-state index is 12.7. The normalized spacial score (nSPS) is 14.2. The number of carbonyl (C=O) groups is 1. The number of Topliss-reactive ketones (excluding diaryl/α,β-unsaturated/α-hetero) is 1. The third-order valence-electron chi connectivity index (χ3n) is 3.82. The van der Waals surface area contributed by atoms with Gasteiger partial charge in [-0.15, -0.1) is 0 Å². The van der Waals surface area contributed by atoms with Crippen LogP contribution < -0.4 is 4.90 Å². The fourth-order valence-electron chi connectivity index (χ4n) is 2.59. The van der Waals surface area contributed by atoms with Crippen molar-refractivity contribution in [2.24, 2.45) is 4.99 Å². The molecule has 23 heavy (non-hydrogen) atoms. The second-order valence-corrected chi connectivity index (χ2v) is 6.59. The van der Waals surface area contributed by atoms with E-state index in [4.69, 9.17) is 0 Å². The first kappa shape index (κ1) is 15.8. The lowest BCUT2D eigenvalue weighted by Gasteiger charge is -2.28. The summed E-state index contributed by atoms with van der Waals surface area (Å²) >= 11 is 1.74. The molecule has 3 rings (SSSR count). The van der Waals surface area contributed by atoms with Crippen molar-refractivity contribution in [3.8, 4) is 0 Å². The summed E-state index contributed by atoms with van der Waals surface area (Å²) in [5.41, 5.74) is 2.96. The minimum absolute atomic E-state index is 0.114. The summed E-state index contributed by atoms with van der Waals surface area (Å²) in [6.45, 7) is 3.23. The molecule has 0 aliphatic carbocycles. The summed E-state index contributed by atoms with van der Waals surface area (Å²) in [6.07, 6.45) is 1.10. The molecule has 3 nitrogen and oxygen atoms in total. The zero-order valence-electron chi connectivity index (χ0n) is 13.2. The third-order valence-corrected chi connectivity index (χ3v) is 4.92. The zero-order chi connectivity index (χ0) is 16.1. The molecule has 1 aliphatic heterocycles. The van der Waals surface area contributed by atoms with Crippen molar-refractivity contribution in [3.63, 3.8) is 0 Å². The lowest BCUT2D eigenvalue weighted by molar-refractivity contribution is 0.100. The van der Waals surface area contributed by atoms with Crippen molar-refractivity contribution >= 4 is 28.4 Å². The van der Waals surface area contributed by atoms with Crippen LogP contribution in [0.3, 0.4) is 0 Å². The molecular weight excluding hydrogens is 304 g/mol. The number of hydrogen-bond donors (Lipinski definition) is 0. The molecule has 0 unspecified atom stereocenters. The van der Waals surface area contributed by atoms with Crippen molar-refractivity contribution < 1.29 is 4.79 Å². The maximum Gasteiger partial charge on any atom is 0.182 e. The summed E-state index contributed by atoms with van der Waals surface area (Å²) in [5.74, 6) is 1.17. The molecule has 0 fully saturated rings. The molecule has 0 amide bonds. The number of aryl methyl sites for hydroxylation is 1. The first-order chi connectivity index (χ1) is 11.3. The number of carbonyl (C=O) groups excluding carboxylic acids is 1. The summed E-state index contributed by atoms with van der Waals surface area (Å²) in [7, 11) is 0. The van der Waals surface area contributed by atoms with Gasteiger partial charge in [0, 0.05) is 23.5 Å². The number of thioether (sulfide) groups is 1. The van der Waals surface area contributed by atoms with E-state index in [1.807, 2.05) is 42.5 Å². The van der Waals surface area contributed by atoms with Crippen LogP contribution in [0.25, 0.3) is 0 Å². The number of benzene rings is 2. The number of nitrogens with zero attached hydrogens (tertiary/aromatic N) is 2. The Morgan fingerprint density at radius 2 is 1.87 bits per heavy atom.